The molecule has 0 saturated carbocycles. The van der Waals surface area contributed by atoms with Crippen LogP contribution in [0.4, 0.5) is 0 Å². The number of rotatable bonds is 3. The molecule has 1 heterocycles. The summed E-state index contributed by atoms with van der Waals surface area (Å²) in [5.74, 6) is 0. The Morgan fingerprint density at radius 1 is 1.12 bits per heavy atom. The summed E-state index contributed by atoms with van der Waals surface area (Å²) in [7, 11) is 2.02. The first-order chi connectivity index (χ1) is 7.74. The van der Waals surface area contributed by atoms with Crippen molar-refractivity contribution < 1.29 is 0 Å². The van der Waals surface area contributed by atoms with E-state index in [0.717, 1.165) is 0 Å². The van der Waals surface area contributed by atoms with Crippen LogP contribution in [0.5, 0.6) is 0 Å². The highest BCUT2D eigenvalue weighted by Crippen LogP contribution is 2.28. The van der Waals surface area contributed by atoms with Crippen LogP contribution in [-0.4, -0.2) is 7.05 Å². The molecule has 2 aromatic rings. The van der Waals surface area contributed by atoms with Crippen molar-refractivity contribution in [2.24, 2.45) is 0 Å². The highest BCUT2D eigenvalue weighted by molar-refractivity contribution is 7.08. The smallest absolute Gasteiger partial charge is 0.0587 e. The van der Waals surface area contributed by atoms with E-state index in [4.69, 9.17) is 0 Å². The zero-order chi connectivity index (χ0) is 11.5. The standard InChI is InChI=1S/C14H17NS/c1-10-5-4-6-11(2)13(10)14(15-3)12-7-8-16-9-12/h4-9,14-15H,1-3H3. The Labute approximate surface area is 101 Å². The molecule has 84 valence electrons. The van der Waals surface area contributed by atoms with Crippen LogP contribution in [0.1, 0.15) is 28.3 Å². The maximum absolute atomic E-state index is 3.41. The van der Waals surface area contributed by atoms with Crippen LogP contribution in [0.15, 0.2) is 35.0 Å². The third kappa shape index (κ3) is 2.04. The number of hydrogen-bond acceptors (Lipinski definition) is 2. The van der Waals surface area contributed by atoms with Gasteiger partial charge in [-0.1, -0.05) is 18.2 Å². The average Bonchev–Trinajstić information content (AvgIpc) is 2.77. The molecule has 1 unspecified atom stereocenters. The van der Waals surface area contributed by atoms with E-state index in [1.165, 1.54) is 22.3 Å². The van der Waals surface area contributed by atoms with Gasteiger partial charge in [0.25, 0.3) is 0 Å². The minimum atomic E-state index is 0.312. The maximum atomic E-state index is 3.41. The predicted octanol–water partition coefficient (Wildman–Crippen LogP) is 3.67. The molecule has 2 rings (SSSR count). The van der Waals surface area contributed by atoms with Crippen LogP contribution >= 0.6 is 11.3 Å². The van der Waals surface area contributed by atoms with Gasteiger partial charge in [0.1, 0.15) is 0 Å². The minimum absolute atomic E-state index is 0.312. The summed E-state index contributed by atoms with van der Waals surface area (Å²) in [4.78, 5) is 0. The lowest BCUT2D eigenvalue weighted by atomic mass is 9.93. The van der Waals surface area contributed by atoms with Gasteiger partial charge in [0, 0.05) is 0 Å². The minimum Gasteiger partial charge on any atom is -0.309 e. The lowest BCUT2D eigenvalue weighted by molar-refractivity contribution is 0.685. The van der Waals surface area contributed by atoms with Crippen molar-refractivity contribution >= 4 is 11.3 Å². The van der Waals surface area contributed by atoms with E-state index in [-0.39, 0.29) is 0 Å². The summed E-state index contributed by atoms with van der Waals surface area (Å²) < 4.78 is 0. The van der Waals surface area contributed by atoms with Crippen LogP contribution in [0.3, 0.4) is 0 Å². The summed E-state index contributed by atoms with van der Waals surface area (Å²) in [6, 6.07) is 8.98. The van der Waals surface area contributed by atoms with Gasteiger partial charge in [-0.05, 0) is 60.0 Å². The predicted molar refractivity (Wildman–Crippen MR) is 71.1 cm³/mol. The molecule has 0 aliphatic rings. The second-order valence-electron chi connectivity index (χ2n) is 4.08. The number of thiophene rings is 1. The van der Waals surface area contributed by atoms with Crippen LogP contribution in [-0.2, 0) is 0 Å². The van der Waals surface area contributed by atoms with Gasteiger partial charge in [0.15, 0.2) is 0 Å². The molecule has 0 fully saturated rings. The number of benzene rings is 1. The van der Waals surface area contributed by atoms with E-state index in [0.29, 0.717) is 6.04 Å². The first-order valence-electron chi connectivity index (χ1n) is 5.49. The monoisotopic (exact) mass is 231 g/mol. The molecule has 2 heteroatoms. The van der Waals surface area contributed by atoms with E-state index < -0.39 is 0 Å². The largest absolute Gasteiger partial charge is 0.309 e. The van der Waals surface area contributed by atoms with Gasteiger partial charge >= 0.3 is 0 Å². The molecule has 1 aromatic carbocycles. The summed E-state index contributed by atoms with van der Waals surface area (Å²) in [5.41, 5.74) is 5.46. The first-order valence-corrected chi connectivity index (χ1v) is 6.43. The molecule has 1 aromatic heterocycles. The van der Waals surface area contributed by atoms with Crippen molar-refractivity contribution in [2.75, 3.05) is 7.05 Å². The lowest BCUT2D eigenvalue weighted by Crippen LogP contribution is -2.19. The molecule has 0 spiro atoms. The van der Waals surface area contributed by atoms with Gasteiger partial charge < -0.3 is 5.32 Å². The van der Waals surface area contributed by atoms with Crippen LogP contribution in [0.25, 0.3) is 0 Å². The fourth-order valence-electron chi connectivity index (χ4n) is 2.20. The highest BCUT2D eigenvalue weighted by Gasteiger charge is 2.16. The van der Waals surface area contributed by atoms with Crippen LogP contribution in [0.2, 0.25) is 0 Å². The Morgan fingerprint density at radius 3 is 2.31 bits per heavy atom. The average molecular weight is 231 g/mol. The Hall–Kier alpha value is -1.12. The number of aryl methyl sites for hydroxylation is 2. The van der Waals surface area contributed by atoms with E-state index >= 15 is 0 Å². The first kappa shape index (κ1) is 11.4. The maximum Gasteiger partial charge on any atom is 0.0587 e. The quantitative estimate of drug-likeness (QED) is 0.850. The van der Waals surface area contributed by atoms with Crippen molar-refractivity contribution in [3.63, 3.8) is 0 Å². The Bertz CT molecular complexity index is 439. The van der Waals surface area contributed by atoms with Crippen molar-refractivity contribution in [2.45, 2.75) is 19.9 Å². The Morgan fingerprint density at radius 2 is 1.81 bits per heavy atom. The molecule has 16 heavy (non-hydrogen) atoms. The molecule has 0 saturated heterocycles. The number of nitrogens with one attached hydrogen (secondary N) is 1. The zero-order valence-corrected chi connectivity index (χ0v) is 10.8. The van der Waals surface area contributed by atoms with Gasteiger partial charge in [0.05, 0.1) is 6.04 Å². The summed E-state index contributed by atoms with van der Waals surface area (Å²) in [6.45, 7) is 4.36. The Balaban J connectivity index is 2.49. The van der Waals surface area contributed by atoms with Crippen molar-refractivity contribution in [3.8, 4) is 0 Å². The van der Waals surface area contributed by atoms with Crippen molar-refractivity contribution in [3.05, 3.63) is 57.3 Å². The van der Waals surface area contributed by atoms with E-state index in [1.807, 2.05) is 7.05 Å². The van der Waals surface area contributed by atoms with E-state index in [1.54, 1.807) is 11.3 Å². The molecular weight excluding hydrogens is 214 g/mol. The fraction of sp³-hybridized carbons (Fsp3) is 0.286. The van der Waals surface area contributed by atoms with Crippen molar-refractivity contribution in [1.82, 2.24) is 5.32 Å². The second-order valence-corrected chi connectivity index (χ2v) is 4.86. The van der Waals surface area contributed by atoms with E-state index in [9.17, 15) is 0 Å². The molecule has 0 amide bonds. The summed E-state index contributed by atoms with van der Waals surface area (Å²) in [5, 5.41) is 7.76. The summed E-state index contributed by atoms with van der Waals surface area (Å²) in [6.07, 6.45) is 0. The van der Waals surface area contributed by atoms with E-state index in [2.05, 4.69) is 54.2 Å². The molecular formula is C14H17NS. The lowest BCUT2D eigenvalue weighted by Gasteiger charge is -2.20. The van der Waals surface area contributed by atoms with Gasteiger partial charge in [0.2, 0.25) is 0 Å². The second kappa shape index (κ2) is 4.81. The third-order valence-corrected chi connectivity index (χ3v) is 3.70. The zero-order valence-electron chi connectivity index (χ0n) is 9.95. The highest BCUT2D eigenvalue weighted by atomic mass is 32.1. The molecule has 0 aliphatic heterocycles. The molecule has 0 aliphatic carbocycles. The molecule has 0 bridgehead atoms. The van der Waals surface area contributed by atoms with Crippen LogP contribution < -0.4 is 5.32 Å². The third-order valence-electron chi connectivity index (χ3n) is 3.00. The molecule has 0 radical (unpaired) electrons. The topological polar surface area (TPSA) is 12.0 Å². The van der Waals surface area contributed by atoms with Crippen molar-refractivity contribution in [1.29, 1.82) is 0 Å². The van der Waals surface area contributed by atoms with Gasteiger partial charge in [-0.25, -0.2) is 0 Å². The SMILES string of the molecule is CNC(c1ccsc1)c1c(C)cccc1C. The normalized spacial score (nSPS) is 12.7. The van der Waals surface area contributed by atoms with Gasteiger partial charge in [-0.15, -0.1) is 0 Å². The fourth-order valence-corrected chi connectivity index (χ4v) is 2.89. The van der Waals surface area contributed by atoms with Gasteiger partial charge in [-0.2, -0.15) is 11.3 Å². The Kier molecular flexibility index (Phi) is 3.42. The van der Waals surface area contributed by atoms with Gasteiger partial charge in [-0.3, -0.25) is 0 Å². The number of hydrogen-bond donors (Lipinski definition) is 1. The van der Waals surface area contributed by atoms with Crippen LogP contribution in [0, 0.1) is 13.8 Å². The summed E-state index contributed by atoms with van der Waals surface area (Å²) >= 11 is 1.75. The molecule has 1 N–H and O–H groups in total. The molecule has 1 atom stereocenters. The molecule has 1 nitrogen and oxygen atoms in total.